The zero-order valence-electron chi connectivity index (χ0n) is 9.60. The van der Waals surface area contributed by atoms with Crippen LogP contribution in [0.15, 0.2) is 51.4 Å². The van der Waals surface area contributed by atoms with Gasteiger partial charge in [-0.1, -0.05) is 28.1 Å². The van der Waals surface area contributed by atoms with Crippen molar-refractivity contribution >= 4 is 44.1 Å². The lowest BCUT2D eigenvalue weighted by molar-refractivity contribution is 0.0733. The molecule has 0 saturated heterocycles. The maximum atomic E-state index is 11.9. The molecule has 0 aromatic heterocycles. The van der Waals surface area contributed by atoms with Gasteiger partial charge in [0.1, 0.15) is 12.0 Å². The van der Waals surface area contributed by atoms with Crippen LogP contribution in [-0.4, -0.2) is 12.3 Å². The van der Waals surface area contributed by atoms with Gasteiger partial charge < -0.3 is 4.74 Å². The van der Waals surface area contributed by atoms with E-state index in [1.54, 1.807) is 42.5 Å². The van der Waals surface area contributed by atoms with E-state index in [4.69, 9.17) is 4.74 Å². The molecule has 2 aromatic rings. The van der Waals surface area contributed by atoms with E-state index in [9.17, 15) is 9.59 Å². The van der Waals surface area contributed by atoms with Crippen molar-refractivity contribution in [2.75, 3.05) is 0 Å². The van der Waals surface area contributed by atoms with Crippen molar-refractivity contribution in [3.05, 3.63) is 62.5 Å². The molecule has 0 saturated carbocycles. The van der Waals surface area contributed by atoms with E-state index in [2.05, 4.69) is 31.9 Å². The molecule has 0 radical (unpaired) electrons. The van der Waals surface area contributed by atoms with Crippen LogP contribution in [0.3, 0.4) is 0 Å². The molecule has 0 fully saturated rings. The SMILES string of the molecule is O=Cc1ccc(C(=O)Oc2ccc(Br)cc2Br)cc1. The van der Waals surface area contributed by atoms with Gasteiger partial charge in [0.2, 0.25) is 0 Å². The Morgan fingerprint density at radius 1 is 1.05 bits per heavy atom. The first kappa shape index (κ1) is 14.0. The topological polar surface area (TPSA) is 43.4 Å². The standard InChI is InChI=1S/C14H8Br2O3/c15-11-5-6-13(12(16)7-11)19-14(18)10-3-1-9(8-17)2-4-10/h1-8H. The van der Waals surface area contributed by atoms with Gasteiger partial charge in [-0.25, -0.2) is 4.79 Å². The fraction of sp³-hybridized carbons (Fsp3) is 0. The van der Waals surface area contributed by atoms with Crippen molar-refractivity contribution in [1.82, 2.24) is 0 Å². The third kappa shape index (κ3) is 3.52. The van der Waals surface area contributed by atoms with Gasteiger partial charge in [-0.15, -0.1) is 0 Å². The molecule has 0 unspecified atom stereocenters. The number of esters is 1. The second kappa shape index (κ2) is 6.12. The second-order valence-electron chi connectivity index (χ2n) is 3.70. The fourth-order valence-corrected chi connectivity index (χ4v) is 2.54. The molecule has 0 N–H and O–H groups in total. The fourth-order valence-electron chi connectivity index (χ4n) is 1.41. The quantitative estimate of drug-likeness (QED) is 0.452. The van der Waals surface area contributed by atoms with Crippen LogP contribution in [0.1, 0.15) is 20.7 Å². The Morgan fingerprint density at radius 3 is 2.32 bits per heavy atom. The van der Waals surface area contributed by atoms with Crippen LogP contribution in [-0.2, 0) is 0 Å². The molecule has 0 spiro atoms. The Labute approximate surface area is 126 Å². The molecule has 0 amide bonds. The van der Waals surface area contributed by atoms with Crippen molar-refractivity contribution in [2.24, 2.45) is 0 Å². The summed E-state index contributed by atoms with van der Waals surface area (Å²) in [4.78, 5) is 22.4. The third-order valence-corrected chi connectivity index (χ3v) is 3.49. The number of hydrogen-bond donors (Lipinski definition) is 0. The number of benzene rings is 2. The molecule has 5 heteroatoms. The number of carbonyl (C=O) groups excluding carboxylic acids is 2. The lowest BCUT2D eigenvalue weighted by Crippen LogP contribution is -2.08. The summed E-state index contributed by atoms with van der Waals surface area (Å²) in [6.45, 7) is 0. The summed E-state index contributed by atoms with van der Waals surface area (Å²) in [5, 5.41) is 0. The number of halogens is 2. The molecule has 0 atom stereocenters. The van der Waals surface area contributed by atoms with E-state index in [1.165, 1.54) is 0 Å². The normalized spacial score (nSPS) is 10.0. The van der Waals surface area contributed by atoms with Gasteiger partial charge in [-0.2, -0.15) is 0 Å². The van der Waals surface area contributed by atoms with Crippen molar-refractivity contribution in [3.63, 3.8) is 0 Å². The van der Waals surface area contributed by atoms with Crippen LogP contribution >= 0.6 is 31.9 Å². The van der Waals surface area contributed by atoms with Crippen molar-refractivity contribution in [2.45, 2.75) is 0 Å². The zero-order valence-corrected chi connectivity index (χ0v) is 12.8. The first-order valence-electron chi connectivity index (χ1n) is 5.32. The highest BCUT2D eigenvalue weighted by Gasteiger charge is 2.11. The number of rotatable bonds is 3. The molecule has 0 bridgehead atoms. The van der Waals surface area contributed by atoms with E-state index in [0.717, 1.165) is 10.8 Å². The molecule has 0 aliphatic heterocycles. The Hall–Kier alpha value is -1.46. The molecule has 3 nitrogen and oxygen atoms in total. The van der Waals surface area contributed by atoms with Crippen molar-refractivity contribution < 1.29 is 14.3 Å². The molecule has 96 valence electrons. The van der Waals surface area contributed by atoms with Gasteiger partial charge in [0.05, 0.1) is 10.0 Å². The third-order valence-electron chi connectivity index (χ3n) is 2.38. The molecule has 0 aliphatic rings. The highest BCUT2D eigenvalue weighted by Crippen LogP contribution is 2.28. The predicted octanol–water partition coefficient (Wildman–Crippen LogP) is 4.24. The Morgan fingerprint density at radius 2 is 1.74 bits per heavy atom. The zero-order chi connectivity index (χ0) is 13.8. The molecule has 2 aromatic carbocycles. The Balaban J connectivity index is 2.17. The van der Waals surface area contributed by atoms with Crippen LogP contribution in [0.2, 0.25) is 0 Å². The predicted molar refractivity (Wildman–Crippen MR) is 78.6 cm³/mol. The van der Waals surface area contributed by atoms with Crippen LogP contribution in [0, 0.1) is 0 Å². The van der Waals surface area contributed by atoms with Crippen molar-refractivity contribution in [3.8, 4) is 5.75 Å². The lowest BCUT2D eigenvalue weighted by Gasteiger charge is -2.06. The molecule has 0 heterocycles. The van der Waals surface area contributed by atoms with Crippen LogP contribution in [0.5, 0.6) is 5.75 Å². The Kier molecular flexibility index (Phi) is 4.50. The lowest BCUT2D eigenvalue weighted by atomic mass is 10.1. The van der Waals surface area contributed by atoms with Gasteiger partial charge in [-0.3, -0.25) is 4.79 Å². The maximum Gasteiger partial charge on any atom is 0.343 e. The van der Waals surface area contributed by atoms with Crippen LogP contribution in [0.4, 0.5) is 0 Å². The number of ether oxygens (including phenoxy) is 1. The minimum atomic E-state index is -0.472. The summed E-state index contributed by atoms with van der Waals surface area (Å²) in [5.41, 5.74) is 0.904. The minimum Gasteiger partial charge on any atom is -0.422 e. The van der Waals surface area contributed by atoms with Crippen LogP contribution < -0.4 is 4.74 Å². The van der Waals surface area contributed by atoms with Gasteiger partial charge in [0, 0.05) is 10.0 Å². The molecule has 2 rings (SSSR count). The summed E-state index contributed by atoms with van der Waals surface area (Å²) in [6, 6.07) is 11.5. The average molecular weight is 384 g/mol. The average Bonchev–Trinajstić information content (AvgIpc) is 2.42. The summed E-state index contributed by atoms with van der Waals surface area (Å²) < 4.78 is 6.83. The van der Waals surface area contributed by atoms with E-state index in [1.807, 2.05) is 0 Å². The monoisotopic (exact) mass is 382 g/mol. The molecular weight excluding hydrogens is 376 g/mol. The summed E-state index contributed by atoms with van der Waals surface area (Å²) in [5.74, 6) is -0.0341. The first-order chi connectivity index (χ1) is 9.10. The first-order valence-corrected chi connectivity index (χ1v) is 6.91. The molecule has 19 heavy (non-hydrogen) atoms. The number of carbonyl (C=O) groups is 2. The number of hydrogen-bond acceptors (Lipinski definition) is 3. The summed E-state index contributed by atoms with van der Waals surface area (Å²) >= 11 is 6.64. The highest BCUT2D eigenvalue weighted by molar-refractivity contribution is 9.11. The Bertz CT molecular complexity index is 621. The van der Waals surface area contributed by atoms with Gasteiger partial charge >= 0.3 is 5.97 Å². The van der Waals surface area contributed by atoms with Crippen molar-refractivity contribution in [1.29, 1.82) is 0 Å². The largest absolute Gasteiger partial charge is 0.422 e. The van der Waals surface area contributed by atoms with E-state index >= 15 is 0 Å². The van der Waals surface area contributed by atoms with Gasteiger partial charge in [0.25, 0.3) is 0 Å². The number of aldehydes is 1. The second-order valence-corrected chi connectivity index (χ2v) is 5.47. The van der Waals surface area contributed by atoms with E-state index in [-0.39, 0.29) is 0 Å². The summed E-state index contributed by atoms with van der Waals surface area (Å²) in [7, 11) is 0. The highest BCUT2D eigenvalue weighted by atomic mass is 79.9. The van der Waals surface area contributed by atoms with E-state index < -0.39 is 5.97 Å². The smallest absolute Gasteiger partial charge is 0.343 e. The minimum absolute atomic E-state index is 0.389. The van der Waals surface area contributed by atoms with Crippen LogP contribution in [0.25, 0.3) is 0 Å². The summed E-state index contributed by atoms with van der Waals surface area (Å²) in [6.07, 6.45) is 0.723. The van der Waals surface area contributed by atoms with Gasteiger partial charge in [0.15, 0.2) is 0 Å². The molecular formula is C14H8Br2O3. The van der Waals surface area contributed by atoms with Gasteiger partial charge in [-0.05, 0) is 46.3 Å². The molecule has 0 aliphatic carbocycles. The van der Waals surface area contributed by atoms with E-state index in [0.29, 0.717) is 21.3 Å². The maximum absolute atomic E-state index is 11.9.